The van der Waals surface area contributed by atoms with Gasteiger partial charge >= 0.3 is 0 Å². The first-order valence-corrected chi connectivity index (χ1v) is 11.8. The van der Waals surface area contributed by atoms with Crippen LogP contribution in [0.15, 0.2) is 84.4 Å². The summed E-state index contributed by atoms with van der Waals surface area (Å²) in [5, 5.41) is 11.2. The molecule has 3 aromatic rings. The standard InChI is InChI=1S/C29H29NO6/c1-3-35-23-13-9-21(10-14-23)26-25(28(32)29(33)30(26)17-18-34-2)27(31)22-11-15-24(16-12-22)36-19-20-7-5-4-6-8-20/h4-16,26,31H,3,17-19H2,1-2H3/b27-25+. The third kappa shape index (κ3) is 5.42. The average molecular weight is 488 g/mol. The van der Waals surface area contributed by atoms with Gasteiger partial charge in [0.15, 0.2) is 0 Å². The van der Waals surface area contributed by atoms with Gasteiger partial charge in [-0.2, -0.15) is 0 Å². The molecule has 0 radical (unpaired) electrons. The van der Waals surface area contributed by atoms with Crippen molar-refractivity contribution in [3.63, 3.8) is 0 Å². The highest BCUT2D eigenvalue weighted by Gasteiger charge is 2.45. The van der Waals surface area contributed by atoms with Crippen LogP contribution in [0.4, 0.5) is 0 Å². The van der Waals surface area contributed by atoms with E-state index in [-0.39, 0.29) is 24.5 Å². The van der Waals surface area contributed by atoms with E-state index < -0.39 is 17.7 Å². The minimum Gasteiger partial charge on any atom is -0.507 e. The largest absolute Gasteiger partial charge is 0.507 e. The summed E-state index contributed by atoms with van der Waals surface area (Å²) in [6.45, 7) is 3.30. The Morgan fingerprint density at radius 2 is 1.53 bits per heavy atom. The fourth-order valence-electron chi connectivity index (χ4n) is 4.17. The van der Waals surface area contributed by atoms with Crippen molar-refractivity contribution in [3.05, 3.63) is 101 Å². The Balaban J connectivity index is 1.64. The first kappa shape index (κ1) is 25.0. The molecule has 7 heteroatoms. The second kappa shape index (κ2) is 11.6. The third-order valence-electron chi connectivity index (χ3n) is 5.96. The maximum atomic E-state index is 13.1. The fraction of sp³-hybridized carbons (Fsp3) is 0.241. The molecule has 1 aliphatic heterocycles. The lowest BCUT2D eigenvalue weighted by Crippen LogP contribution is -2.32. The van der Waals surface area contributed by atoms with Crippen LogP contribution in [0.25, 0.3) is 5.76 Å². The normalized spacial score (nSPS) is 16.8. The fourth-order valence-corrected chi connectivity index (χ4v) is 4.17. The molecule has 36 heavy (non-hydrogen) atoms. The van der Waals surface area contributed by atoms with Crippen molar-refractivity contribution in [3.8, 4) is 11.5 Å². The number of likely N-dealkylation sites (tertiary alicyclic amines) is 1. The molecule has 1 unspecified atom stereocenters. The molecule has 0 aromatic heterocycles. The summed E-state index contributed by atoms with van der Waals surface area (Å²) in [4.78, 5) is 27.4. The van der Waals surface area contributed by atoms with E-state index in [4.69, 9.17) is 14.2 Å². The smallest absolute Gasteiger partial charge is 0.295 e. The Hall–Kier alpha value is -4.10. The van der Waals surface area contributed by atoms with E-state index >= 15 is 0 Å². The van der Waals surface area contributed by atoms with E-state index in [1.165, 1.54) is 12.0 Å². The Kier molecular flexibility index (Phi) is 8.02. The van der Waals surface area contributed by atoms with Crippen molar-refractivity contribution in [1.82, 2.24) is 4.90 Å². The number of hydrogen-bond acceptors (Lipinski definition) is 6. The van der Waals surface area contributed by atoms with Crippen molar-refractivity contribution in [2.24, 2.45) is 0 Å². The minimum atomic E-state index is -0.746. The number of methoxy groups -OCH3 is 1. The Labute approximate surface area is 210 Å². The number of ether oxygens (including phenoxy) is 3. The molecule has 7 nitrogen and oxygen atoms in total. The van der Waals surface area contributed by atoms with Crippen LogP contribution in [0.5, 0.6) is 11.5 Å². The average Bonchev–Trinajstić information content (AvgIpc) is 3.16. The molecule has 0 bridgehead atoms. The summed E-state index contributed by atoms with van der Waals surface area (Å²) < 4.78 is 16.5. The van der Waals surface area contributed by atoms with E-state index in [1.807, 2.05) is 37.3 Å². The topological polar surface area (TPSA) is 85.3 Å². The molecule has 0 spiro atoms. The van der Waals surface area contributed by atoms with Gasteiger partial charge in [-0.25, -0.2) is 0 Å². The first-order valence-electron chi connectivity index (χ1n) is 11.8. The molecule has 186 valence electrons. The number of nitrogens with zero attached hydrogens (tertiary/aromatic N) is 1. The van der Waals surface area contributed by atoms with Gasteiger partial charge in [-0.1, -0.05) is 42.5 Å². The molecule has 0 saturated carbocycles. The molecule has 1 atom stereocenters. The van der Waals surface area contributed by atoms with Gasteiger partial charge < -0.3 is 24.2 Å². The summed E-state index contributed by atoms with van der Waals surface area (Å²) in [6, 6.07) is 23.0. The van der Waals surface area contributed by atoms with Gasteiger partial charge in [0.1, 0.15) is 23.9 Å². The molecule has 3 aromatic carbocycles. The zero-order valence-corrected chi connectivity index (χ0v) is 20.3. The number of hydrogen-bond donors (Lipinski definition) is 1. The molecule has 0 aliphatic carbocycles. The van der Waals surface area contributed by atoms with Gasteiger partial charge in [0.05, 0.1) is 24.8 Å². The van der Waals surface area contributed by atoms with Crippen molar-refractivity contribution >= 4 is 17.4 Å². The number of aliphatic hydroxyl groups excluding tert-OH is 1. The minimum absolute atomic E-state index is 0.0400. The van der Waals surface area contributed by atoms with Gasteiger partial charge in [0.25, 0.3) is 11.7 Å². The zero-order valence-electron chi connectivity index (χ0n) is 20.3. The van der Waals surface area contributed by atoms with E-state index in [1.54, 1.807) is 48.5 Å². The predicted molar refractivity (Wildman–Crippen MR) is 136 cm³/mol. The molecule has 1 fully saturated rings. The lowest BCUT2D eigenvalue weighted by molar-refractivity contribution is -0.140. The highest BCUT2D eigenvalue weighted by Crippen LogP contribution is 2.39. The summed E-state index contributed by atoms with van der Waals surface area (Å²) in [7, 11) is 1.53. The number of aliphatic hydroxyl groups is 1. The molecule has 4 rings (SSSR count). The maximum absolute atomic E-state index is 13.1. The van der Waals surface area contributed by atoms with Crippen LogP contribution in [0.1, 0.15) is 29.7 Å². The van der Waals surface area contributed by atoms with Crippen molar-refractivity contribution < 1.29 is 28.9 Å². The molecule has 1 amide bonds. The lowest BCUT2D eigenvalue weighted by Gasteiger charge is -2.25. The number of carbonyl (C=O) groups is 2. The zero-order chi connectivity index (χ0) is 25.5. The number of rotatable bonds is 10. The Morgan fingerprint density at radius 3 is 2.17 bits per heavy atom. The second-order valence-electron chi connectivity index (χ2n) is 8.29. The lowest BCUT2D eigenvalue weighted by atomic mass is 9.95. The highest BCUT2D eigenvalue weighted by atomic mass is 16.5. The van der Waals surface area contributed by atoms with Gasteiger partial charge in [0, 0.05) is 19.2 Å². The van der Waals surface area contributed by atoms with Crippen LogP contribution in [0.2, 0.25) is 0 Å². The van der Waals surface area contributed by atoms with E-state index in [0.29, 0.717) is 35.8 Å². The van der Waals surface area contributed by atoms with E-state index in [9.17, 15) is 14.7 Å². The van der Waals surface area contributed by atoms with Crippen molar-refractivity contribution in [2.45, 2.75) is 19.6 Å². The molecular weight excluding hydrogens is 458 g/mol. The van der Waals surface area contributed by atoms with E-state index in [0.717, 1.165) is 5.56 Å². The number of Topliss-reactive ketones (excluding diaryl/α,β-unsaturated/α-hetero) is 1. The van der Waals surface area contributed by atoms with Gasteiger partial charge in [0.2, 0.25) is 0 Å². The number of amides is 1. The molecular formula is C29H29NO6. The summed E-state index contributed by atoms with van der Waals surface area (Å²) in [6.07, 6.45) is 0. The second-order valence-corrected chi connectivity index (χ2v) is 8.29. The van der Waals surface area contributed by atoms with Crippen LogP contribution in [0, 0.1) is 0 Å². The summed E-state index contributed by atoms with van der Waals surface area (Å²) >= 11 is 0. The summed E-state index contributed by atoms with van der Waals surface area (Å²) in [5.41, 5.74) is 2.19. The van der Waals surface area contributed by atoms with Crippen LogP contribution in [-0.4, -0.2) is 48.6 Å². The van der Waals surface area contributed by atoms with E-state index in [2.05, 4.69) is 0 Å². The monoisotopic (exact) mass is 487 g/mol. The Bertz CT molecular complexity index is 1220. The third-order valence-corrected chi connectivity index (χ3v) is 5.96. The number of benzene rings is 3. The van der Waals surface area contributed by atoms with Gasteiger partial charge in [-0.05, 0) is 54.4 Å². The molecule has 1 aliphatic rings. The van der Waals surface area contributed by atoms with Gasteiger partial charge in [-0.15, -0.1) is 0 Å². The SMILES string of the molecule is CCOc1ccc(C2/C(=C(\O)c3ccc(OCc4ccccc4)cc3)C(=O)C(=O)N2CCOC)cc1. The summed E-state index contributed by atoms with van der Waals surface area (Å²) in [5.74, 6) is -0.329. The highest BCUT2D eigenvalue weighted by molar-refractivity contribution is 6.46. The van der Waals surface area contributed by atoms with Crippen LogP contribution >= 0.6 is 0 Å². The molecule has 1 saturated heterocycles. The van der Waals surface area contributed by atoms with Gasteiger partial charge in [-0.3, -0.25) is 9.59 Å². The quantitative estimate of drug-likeness (QED) is 0.253. The van der Waals surface area contributed by atoms with Crippen LogP contribution in [0.3, 0.4) is 0 Å². The number of carbonyl (C=O) groups excluding carboxylic acids is 2. The number of ketones is 1. The van der Waals surface area contributed by atoms with Crippen molar-refractivity contribution in [1.29, 1.82) is 0 Å². The van der Waals surface area contributed by atoms with Crippen LogP contribution < -0.4 is 9.47 Å². The maximum Gasteiger partial charge on any atom is 0.295 e. The molecule has 1 N–H and O–H groups in total. The van der Waals surface area contributed by atoms with Crippen LogP contribution in [-0.2, 0) is 20.9 Å². The first-order chi connectivity index (χ1) is 17.5. The Morgan fingerprint density at radius 1 is 0.889 bits per heavy atom. The van der Waals surface area contributed by atoms with Crippen molar-refractivity contribution in [2.75, 3.05) is 26.9 Å². The molecule has 1 heterocycles. The predicted octanol–water partition coefficient (Wildman–Crippen LogP) is 4.73.